The van der Waals surface area contributed by atoms with Crippen molar-refractivity contribution in [3.63, 3.8) is 0 Å². The van der Waals surface area contributed by atoms with E-state index in [0.717, 1.165) is 22.2 Å². The molecular formula is C22H13Cl2NO5S. The van der Waals surface area contributed by atoms with Crippen molar-refractivity contribution >= 4 is 58.2 Å². The van der Waals surface area contributed by atoms with Crippen LogP contribution in [0.3, 0.4) is 0 Å². The van der Waals surface area contributed by atoms with E-state index in [1.54, 1.807) is 42.5 Å². The van der Waals surface area contributed by atoms with Crippen LogP contribution < -0.4 is 0 Å². The smallest absolute Gasteiger partial charge is 0.337 e. The van der Waals surface area contributed by atoms with Gasteiger partial charge in [0.05, 0.1) is 22.0 Å². The summed E-state index contributed by atoms with van der Waals surface area (Å²) in [6.45, 7) is 0.144. The lowest BCUT2D eigenvalue weighted by atomic mass is 10.1. The van der Waals surface area contributed by atoms with Gasteiger partial charge in [0.2, 0.25) is 0 Å². The first kappa shape index (κ1) is 21.2. The first-order valence-corrected chi connectivity index (χ1v) is 10.5. The molecule has 1 saturated heterocycles. The number of hydrogen-bond acceptors (Lipinski definition) is 5. The van der Waals surface area contributed by atoms with Gasteiger partial charge in [-0.3, -0.25) is 14.5 Å². The van der Waals surface area contributed by atoms with Crippen LogP contribution in [0.2, 0.25) is 10.0 Å². The predicted octanol–water partition coefficient (Wildman–Crippen LogP) is 6.19. The van der Waals surface area contributed by atoms with Crippen LogP contribution in [0.25, 0.3) is 17.4 Å². The molecule has 31 heavy (non-hydrogen) atoms. The highest BCUT2D eigenvalue weighted by molar-refractivity contribution is 8.18. The third kappa shape index (κ3) is 4.54. The van der Waals surface area contributed by atoms with E-state index in [0.29, 0.717) is 22.1 Å². The summed E-state index contributed by atoms with van der Waals surface area (Å²) in [5.74, 6) is -0.792. The van der Waals surface area contributed by atoms with Crippen LogP contribution in [0.15, 0.2) is 63.9 Å². The largest absolute Gasteiger partial charge is 0.478 e. The maximum absolute atomic E-state index is 12.7. The number of carbonyl (C=O) groups excluding carboxylic acids is 2. The number of thioether (sulfide) groups is 1. The van der Waals surface area contributed by atoms with Gasteiger partial charge in [0, 0.05) is 16.7 Å². The normalized spacial score (nSPS) is 15.2. The highest BCUT2D eigenvalue weighted by atomic mass is 35.5. The molecule has 0 bridgehead atoms. The fourth-order valence-electron chi connectivity index (χ4n) is 2.97. The minimum atomic E-state index is -1.15. The van der Waals surface area contributed by atoms with Gasteiger partial charge in [-0.1, -0.05) is 35.3 Å². The van der Waals surface area contributed by atoms with Crippen molar-refractivity contribution in [2.24, 2.45) is 0 Å². The van der Waals surface area contributed by atoms with Gasteiger partial charge in [-0.2, -0.15) is 0 Å². The minimum absolute atomic E-state index is 0.0413. The number of hydrogen-bond donors (Lipinski definition) is 1. The van der Waals surface area contributed by atoms with Gasteiger partial charge < -0.3 is 9.52 Å². The summed E-state index contributed by atoms with van der Waals surface area (Å²) in [4.78, 5) is 37.7. The third-order valence-corrected chi connectivity index (χ3v) is 6.00. The van der Waals surface area contributed by atoms with Crippen LogP contribution in [0.1, 0.15) is 21.7 Å². The molecule has 0 atom stereocenters. The monoisotopic (exact) mass is 473 g/mol. The first-order chi connectivity index (χ1) is 14.8. The summed E-state index contributed by atoms with van der Waals surface area (Å²) in [5, 5.41) is 9.54. The Morgan fingerprint density at radius 1 is 1.06 bits per heavy atom. The van der Waals surface area contributed by atoms with E-state index in [4.69, 9.17) is 27.6 Å². The summed E-state index contributed by atoms with van der Waals surface area (Å²) in [6, 6.07) is 14.7. The van der Waals surface area contributed by atoms with E-state index >= 15 is 0 Å². The molecule has 2 aromatic carbocycles. The van der Waals surface area contributed by atoms with Gasteiger partial charge in [-0.15, -0.1) is 0 Å². The number of nitrogens with zero attached hydrogens (tertiary/aromatic N) is 1. The Kier molecular flexibility index (Phi) is 5.91. The van der Waals surface area contributed by atoms with Crippen molar-refractivity contribution in [3.8, 4) is 11.3 Å². The van der Waals surface area contributed by atoms with Crippen LogP contribution in [0.5, 0.6) is 0 Å². The molecule has 1 fully saturated rings. The molecule has 6 nitrogen and oxygen atoms in total. The molecule has 9 heteroatoms. The number of aromatic carboxylic acids is 1. The highest BCUT2D eigenvalue weighted by Crippen LogP contribution is 2.34. The van der Waals surface area contributed by atoms with E-state index in [2.05, 4.69) is 0 Å². The molecule has 0 radical (unpaired) electrons. The fraction of sp³-hybridized carbons (Fsp3) is 0.0455. The average molecular weight is 474 g/mol. The Morgan fingerprint density at radius 2 is 1.81 bits per heavy atom. The molecule has 0 unspecified atom stereocenters. The second-order valence-corrected chi connectivity index (χ2v) is 8.43. The molecule has 1 aliphatic heterocycles. The number of amides is 2. The number of rotatable bonds is 5. The van der Waals surface area contributed by atoms with Gasteiger partial charge in [0.25, 0.3) is 11.1 Å². The minimum Gasteiger partial charge on any atom is -0.478 e. The zero-order chi connectivity index (χ0) is 22.1. The molecule has 1 aromatic heterocycles. The molecule has 2 amide bonds. The lowest BCUT2D eigenvalue weighted by Crippen LogP contribution is -2.27. The first-order valence-electron chi connectivity index (χ1n) is 8.94. The standard InChI is InChI=1S/C22H13Cl2NO5S/c23-14-4-1-12(2-5-14)11-25-20(26)19(31-22(25)29)10-15-6-8-18(30-15)13-3-7-17(24)16(9-13)21(27)28/h1-10H,11H2,(H,27,28)/b19-10-. The number of carbonyl (C=O) groups is 3. The van der Waals surface area contributed by atoms with Crippen molar-refractivity contribution in [1.82, 2.24) is 4.90 Å². The van der Waals surface area contributed by atoms with Gasteiger partial charge in [-0.05, 0) is 59.8 Å². The Bertz CT molecular complexity index is 1230. The van der Waals surface area contributed by atoms with Gasteiger partial charge in [-0.25, -0.2) is 4.79 Å². The second kappa shape index (κ2) is 8.63. The van der Waals surface area contributed by atoms with Crippen LogP contribution >= 0.6 is 35.0 Å². The van der Waals surface area contributed by atoms with E-state index in [1.165, 1.54) is 18.2 Å². The zero-order valence-electron chi connectivity index (χ0n) is 15.7. The number of imide groups is 1. The lowest BCUT2D eigenvalue weighted by Gasteiger charge is -2.12. The molecule has 0 saturated carbocycles. The Morgan fingerprint density at radius 3 is 2.52 bits per heavy atom. The Hall–Kier alpha value is -3.00. The molecule has 156 valence electrons. The summed E-state index contributed by atoms with van der Waals surface area (Å²) in [6.07, 6.45) is 1.49. The van der Waals surface area contributed by atoms with Crippen molar-refractivity contribution in [1.29, 1.82) is 0 Å². The third-order valence-electron chi connectivity index (χ3n) is 4.51. The molecular weight excluding hydrogens is 461 g/mol. The molecule has 4 rings (SSSR count). The summed E-state index contributed by atoms with van der Waals surface area (Å²) in [5.41, 5.74) is 1.27. The number of furan rings is 1. The zero-order valence-corrected chi connectivity index (χ0v) is 18.0. The molecule has 0 aliphatic carbocycles. The van der Waals surface area contributed by atoms with Gasteiger partial charge in [0.15, 0.2) is 0 Å². The molecule has 2 heterocycles. The summed E-state index contributed by atoms with van der Waals surface area (Å²) >= 11 is 12.6. The van der Waals surface area contributed by atoms with Crippen LogP contribution in [-0.4, -0.2) is 27.1 Å². The Labute approximate surface area is 191 Å². The van der Waals surface area contributed by atoms with E-state index in [9.17, 15) is 19.5 Å². The van der Waals surface area contributed by atoms with E-state index in [-0.39, 0.29) is 27.3 Å². The van der Waals surface area contributed by atoms with Crippen molar-refractivity contribution in [2.45, 2.75) is 6.54 Å². The Balaban J connectivity index is 1.55. The van der Waals surface area contributed by atoms with E-state index in [1.807, 2.05) is 0 Å². The van der Waals surface area contributed by atoms with E-state index < -0.39 is 11.9 Å². The predicted molar refractivity (Wildman–Crippen MR) is 119 cm³/mol. The SMILES string of the molecule is O=C(O)c1cc(-c2ccc(/C=C3\SC(=O)N(Cc4ccc(Cl)cc4)C3=O)o2)ccc1Cl. The second-order valence-electron chi connectivity index (χ2n) is 6.60. The topological polar surface area (TPSA) is 87.8 Å². The molecule has 1 N–H and O–H groups in total. The lowest BCUT2D eigenvalue weighted by molar-refractivity contribution is -0.123. The van der Waals surface area contributed by atoms with Crippen LogP contribution in [0.4, 0.5) is 4.79 Å². The van der Waals surface area contributed by atoms with Gasteiger partial charge in [0.1, 0.15) is 11.5 Å². The number of benzene rings is 2. The van der Waals surface area contributed by atoms with Crippen molar-refractivity contribution in [2.75, 3.05) is 0 Å². The highest BCUT2D eigenvalue weighted by Gasteiger charge is 2.35. The summed E-state index contributed by atoms with van der Waals surface area (Å²) < 4.78 is 5.73. The number of halogens is 2. The summed E-state index contributed by atoms with van der Waals surface area (Å²) in [7, 11) is 0. The molecule has 0 spiro atoms. The van der Waals surface area contributed by atoms with Crippen molar-refractivity contribution < 1.29 is 23.9 Å². The quantitative estimate of drug-likeness (QED) is 0.444. The fourth-order valence-corrected chi connectivity index (χ4v) is 4.11. The van der Waals surface area contributed by atoms with Gasteiger partial charge >= 0.3 is 5.97 Å². The maximum Gasteiger partial charge on any atom is 0.337 e. The van der Waals surface area contributed by atoms with Crippen LogP contribution in [0, 0.1) is 0 Å². The van der Waals surface area contributed by atoms with Crippen molar-refractivity contribution in [3.05, 3.63) is 86.4 Å². The average Bonchev–Trinajstić information content (AvgIpc) is 3.30. The molecule has 1 aliphatic rings. The maximum atomic E-state index is 12.7. The number of carboxylic acid groups (broad SMARTS) is 1. The number of carboxylic acids is 1. The van der Waals surface area contributed by atoms with Crippen LogP contribution in [-0.2, 0) is 11.3 Å². The molecule has 3 aromatic rings.